The number of aromatic nitrogens is 2. The van der Waals surface area contributed by atoms with Crippen molar-refractivity contribution in [3.63, 3.8) is 0 Å². The molecule has 0 radical (unpaired) electrons. The van der Waals surface area contributed by atoms with Crippen LogP contribution in [0.2, 0.25) is 0 Å². The van der Waals surface area contributed by atoms with Crippen molar-refractivity contribution >= 4 is 5.91 Å². The number of fused-ring (bicyclic) bond motifs is 1. The van der Waals surface area contributed by atoms with E-state index in [1.165, 1.54) is 14.2 Å². The number of methoxy groups -OCH3 is 4. The van der Waals surface area contributed by atoms with Crippen LogP contribution >= 0.6 is 0 Å². The summed E-state index contributed by atoms with van der Waals surface area (Å²) in [4.78, 5) is 15.0. The molecule has 1 aliphatic heterocycles. The number of ether oxygens (including phenoxy) is 4. The molecule has 1 aromatic heterocycles. The number of nitrogens with one attached hydrogen (secondary N) is 1. The van der Waals surface area contributed by atoms with Crippen molar-refractivity contribution in [3.8, 4) is 28.5 Å². The normalized spacial score (nSPS) is 15.3. The van der Waals surface area contributed by atoms with Crippen LogP contribution in [0.1, 0.15) is 27.7 Å². The molecule has 0 spiro atoms. The predicted molar refractivity (Wildman–Crippen MR) is 116 cm³/mol. The van der Waals surface area contributed by atoms with Crippen LogP contribution in [0, 0.1) is 0 Å². The zero-order valence-corrected chi connectivity index (χ0v) is 18.3. The standard InChI is InChI=1S/C23H25N3O6/c1-29-16-10-7-14(11-17(16)30-2)20-19-21(25-24-20)23(28)26(12-18(31-3)32-4)22(19)13-5-8-15(27)9-6-13/h5-11,18,22,27H,12H2,1-4H3,(H,24,25). The number of carbonyl (C=O) groups excluding carboxylic acids is 1. The molecule has 9 nitrogen and oxygen atoms in total. The Morgan fingerprint density at radius 3 is 2.34 bits per heavy atom. The first kappa shape index (κ1) is 21.7. The number of phenolic OH excluding ortho intramolecular Hbond substituents is 1. The number of aromatic amines is 1. The fourth-order valence-corrected chi connectivity index (χ4v) is 4.00. The zero-order valence-electron chi connectivity index (χ0n) is 18.3. The van der Waals surface area contributed by atoms with Crippen molar-refractivity contribution in [2.75, 3.05) is 35.0 Å². The summed E-state index contributed by atoms with van der Waals surface area (Å²) in [7, 11) is 6.19. The van der Waals surface area contributed by atoms with Crippen molar-refractivity contribution in [1.82, 2.24) is 15.1 Å². The zero-order chi connectivity index (χ0) is 22.8. The Hall–Kier alpha value is -3.56. The van der Waals surface area contributed by atoms with E-state index in [0.717, 1.165) is 16.7 Å². The lowest BCUT2D eigenvalue weighted by Crippen LogP contribution is -2.38. The van der Waals surface area contributed by atoms with Crippen LogP contribution in [-0.2, 0) is 9.47 Å². The van der Waals surface area contributed by atoms with Gasteiger partial charge in [0.25, 0.3) is 5.91 Å². The molecule has 2 N–H and O–H groups in total. The summed E-state index contributed by atoms with van der Waals surface area (Å²) >= 11 is 0. The Labute approximate surface area is 185 Å². The van der Waals surface area contributed by atoms with Crippen LogP contribution in [0.4, 0.5) is 0 Å². The SMILES string of the molecule is COc1ccc(-c2n[nH]c3c2C(c2ccc(O)cc2)N(CC(OC)OC)C3=O)cc1OC. The Balaban J connectivity index is 1.85. The molecule has 9 heteroatoms. The number of H-pyrrole nitrogens is 1. The molecular weight excluding hydrogens is 414 g/mol. The van der Waals surface area contributed by atoms with E-state index in [-0.39, 0.29) is 18.2 Å². The van der Waals surface area contributed by atoms with Crippen molar-refractivity contribution < 1.29 is 28.8 Å². The van der Waals surface area contributed by atoms with Crippen molar-refractivity contribution in [2.45, 2.75) is 12.3 Å². The molecule has 2 aromatic carbocycles. The highest BCUT2D eigenvalue weighted by Crippen LogP contribution is 2.44. The van der Waals surface area contributed by atoms with Gasteiger partial charge in [0.15, 0.2) is 17.8 Å². The summed E-state index contributed by atoms with van der Waals surface area (Å²) in [5, 5.41) is 17.1. The number of nitrogens with zero attached hydrogens (tertiary/aromatic N) is 2. The van der Waals surface area contributed by atoms with Crippen LogP contribution < -0.4 is 9.47 Å². The van der Waals surface area contributed by atoms with Crippen LogP contribution in [0.25, 0.3) is 11.3 Å². The lowest BCUT2D eigenvalue weighted by atomic mass is 9.96. The number of rotatable bonds is 8. The molecule has 4 rings (SSSR count). The minimum atomic E-state index is -0.597. The first-order valence-corrected chi connectivity index (χ1v) is 9.98. The third-order valence-corrected chi connectivity index (χ3v) is 5.60. The molecule has 0 saturated carbocycles. The summed E-state index contributed by atoms with van der Waals surface area (Å²) in [5.74, 6) is 1.09. The van der Waals surface area contributed by atoms with Crippen molar-refractivity contribution in [2.24, 2.45) is 0 Å². The topological polar surface area (TPSA) is 106 Å². The minimum absolute atomic E-state index is 0.142. The van der Waals surface area contributed by atoms with Gasteiger partial charge in [-0.2, -0.15) is 5.10 Å². The van der Waals surface area contributed by atoms with Gasteiger partial charge in [-0.25, -0.2) is 0 Å². The van der Waals surface area contributed by atoms with Gasteiger partial charge >= 0.3 is 0 Å². The van der Waals surface area contributed by atoms with E-state index in [1.807, 2.05) is 12.1 Å². The molecule has 168 valence electrons. The van der Waals surface area contributed by atoms with Crippen LogP contribution in [-0.4, -0.2) is 67.4 Å². The van der Waals surface area contributed by atoms with Crippen LogP contribution in [0.15, 0.2) is 42.5 Å². The molecule has 0 fully saturated rings. The van der Waals surface area contributed by atoms with E-state index >= 15 is 0 Å². The number of hydrogen-bond donors (Lipinski definition) is 2. The molecule has 32 heavy (non-hydrogen) atoms. The maximum Gasteiger partial charge on any atom is 0.273 e. The summed E-state index contributed by atoms with van der Waals surface area (Å²) in [5.41, 5.74) is 3.36. The molecule has 0 aliphatic carbocycles. The fraction of sp³-hybridized carbons (Fsp3) is 0.304. The Morgan fingerprint density at radius 1 is 1.03 bits per heavy atom. The number of amides is 1. The van der Waals surface area contributed by atoms with E-state index in [9.17, 15) is 9.90 Å². The van der Waals surface area contributed by atoms with Crippen LogP contribution in [0.3, 0.4) is 0 Å². The molecule has 0 saturated heterocycles. The average molecular weight is 439 g/mol. The van der Waals surface area contributed by atoms with E-state index in [2.05, 4.69) is 10.2 Å². The molecule has 0 bridgehead atoms. The number of hydrogen-bond acceptors (Lipinski definition) is 7. The van der Waals surface area contributed by atoms with Crippen molar-refractivity contribution in [1.29, 1.82) is 0 Å². The number of benzene rings is 2. The Bertz CT molecular complexity index is 1110. The molecule has 1 unspecified atom stereocenters. The predicted octanol–water partition coefficient (Wildman–Crippen LogP) is 2.96. The Morgan fingerprint density at radius 2 is 1.72 bits per heavy atom. The van der Waals surface area contributed by atoms with Gasteiger partial charge in [-0.05, 0) is 35.9 Å². The lowest BCUT2D eigenvalue weighted by Gasteiger charge is -2.29. The van der Waals surface area contributed by atoms with E-state index in [1.54, 1.807) is 49.5 Å². The molecular formula is C23H25N3O6. The van der Waals surface area contributed by atoms with Crippen LogP contribution in [0.5, 0.6) is 17.2 Å². The van der Waals surface area contributed by atoms with Gasteiger partial charge in [0.05, 0.1) is 32.5 Å². The monoisotopic (exact) mass is 439 g/mol. The highest BCUT2D eigenvalue weighted by atomic mass is 16.7. The van der Waals surface area contributed by atoms with Gasteiger partial charge in [-0.15, -0.1) is 0 Å². The van der Waals surface area contributed by atoms with E-state index in [4.69, 9.17) is 18.9 Å². The highest BCUT2D eigenvalue weighted by Gasteiger charge is 2.43. The minimum Gasteiger partial charge on any atom is -0.508 e. The second-order valence-corrected chi connectivity index (χ2v) is 7.28. The van der Waals surface area contributed by atoms with Gasteiger partial charge in [0.2, 0.25) is 0 Å². The van der Waals surface area contributed by atoms with Crippen molar-refractivity contribution in [3.05, 3.63) is 59.3 Å². The largest absolute Gasteiger partial charge is 0.508 e. The van der Waals surface area contributed by atoms with Gasteiger partial charge in [-0.1, -0.05) is 12.1 Å². The number of aromatic hydroxyl groups is 1. The summed E-state index contributed by atoms with van der Waals surface area (Å²) in [6.45, 7) is 0.214. The third kappa shape index (κ3) is 3.65. The lowest BCUT2D eigenvalue weighted by molar-refractivity contribution is -0.113. The summed E-state index contributed by atoms with van der Waals surface area (Å²) in [6.07, 6.45) is -0.597. The van der Waals surface area contributed by atoms with Gasteiger partial charge < -0.3 is 29.0 Å². The number of phenols is 1. The average Bonchev–Trinajstić information content (AvgIpc) is 3.36. The molecule has 1 atom stereocenters. The molecule has 2 heterocycles. The fourth-order valence-electron chi connectivity index (χ4n) is 4.00. The molecule has 1 amide bonds. The molecule has 1 aliphatic rings. The van der Waals surface area contributed by atoms with E-state index < -0.39 is 12.3 Å². The second-order valence-electron chi connectivity index (χ2n) is 7.28. The molecule has 3 aromatic rings. The number of carbonyl (C=O) groups is 1. The third-order valence-electron chi connectivity index (χ3n) is 5.60. The van der Waals surface area contributed by atoms with E-state index in [0.29, 0.717) is 22.9 Å². The first-order valence-electron chi connectivity index (χ1n) is 9.98. The maximum atomic E-state index is 13.3. The highest BCUT2D eigenvalue weighted by molar-refractivity contribution is 6.00. The van der Waals surface area contributed by atoms with Gasteiger partial charge in [0, 0.05) is 25.3 Å². The summed E-state index contributed by atoms with van der Waals surface area (Å²) in [6, 6.07) is 11.8. The Kier molecular flexibility index (Phi) is 6.02. The quantitative estimate of drug-likeness (QED) is 0.520. The first-order chi connectivity index (χ1) is 15.5. The van der Waals surface area contributed by atoms with Gasteiger partial charge in [-0.3, -0.25) is 9.89 Å². The summed E-state index contributed by atoms with van der Waals surface area (Å²) < 4.78 is 21.5. The smallest absolute Gasteiger partial charge is 0.273 e. The maximum absolute atomic E-state index is 13.3. The van der Waals surface area contributed by atoms with Gasteiger partial charge in [0.1, 0.15) is 11.4 Å². The second kappa shape index (κ2) is 8.89.